The minimum absolute atomic E-state index is 0.384. The van der Waals surface area contributed by atoms with Crippen molar-refractivity contribution in [3.8, 4) is 0 Å². The number of rotatable bonds is 5. The Bertz CT molecular complexity index is 219. The van der Waals surface area contributed by atoms with Gasteiger partial charge in [0.05, 0.1) is 12.2 Å². The summed E-state index contributed by atoms with van der Waals surface area (Å²) in [5, 5.41) is 0. The summed E-state index contributed by atoms with van der Waals surface area (Å²) in [7, 11) is 0. The molecular weight excluding hydrogens is 224 g/mol. The number of nitrogens with zero attached hydrogens (tertiary/aromatic N) is 2. The van der Waals surface area contributed by atoms with Crippen LogP contribution in [0.15, 0.2) is 0 Å². The van der Waals surface area contributed by atoms with Crippen LogP contribution in [0, 0.1) is 0 Å². The second-order valence-corrected chi connectivity index (χ2v) is 6.13. The summed E-state index contributed by atoms with van der Waals surface area (Å²) in [4.78, 5) is 5.26. The third-order valence-electron chi connectivity index (χ3n) is 4.18. The van der Waals surface area contributed by atoms with E-state index in [0.717, 1.165) is 0 Å². The standard InChI is InChI=1S/C15H30N2O/c1-14(2)18-15-6-10-17(11-7-15)13-12-16-8-4-3-5-9-16/h14-15H,3-13H2,1-2H3. The van der Waals surface area contributed by atoms with Crippen molar-refractivity contribution in [2.45, 2.75) is 58.2 Å². The summed E-state index contributed by atoms with van der Waals surface area (Å²) in [5.41, 5.74) is 0. The Morgan fingerprint density at radius 2 is 1.44 bits per heavy atom. The highest BCUT2D eigenvalue weighted by Gasteiger charge is 2.21. The third kappa shape index (κ3) is 4.87. The van der Waals surface area contributed by atoms with E-state index in [1.54, 1.807) is 0 Å². The molecule has 0 aromatic heterocycles. The van der Waals surface area contributed by atoms with Crippen LogP contribution in [-0.2, 0) is 4.74 Å². The highest BCUT2D eigenvalue weighted by molar-refractivity contribution is 4.74. The molecule has 2 fully saturated rings. The van der Waals surface area contributed by atoms with Gasteiger partial charge in [-0.15, -0.1) is 0 Å². The summed E-state index contributed by atoms with van der Waals surface area (Å²) in [5.74, 6) is 0. The fourth-order valence-corrected chi connectivity index (χ4v) is 3.12. The Morgan fingerprint density at radius 1 is 0.889 bits per heavy atom. The SMILES string of the molecule is CC(C)OC1CCN(CCN2CCCCC2)CC1. The van der Waals surface area contributed by atoms with Gasteiger partial charge < -0.3 is 14.5 Å². The van der Waals surface area contributed by atoms with Crippen molar-refractivity contribution < 1.29 is 4.74 Å². The van der Waals surface area contributed by atoms with Crippen molar-refractivity contribution in [2.24, 2.45) is 0 Å². The molecule has 18 heavy (non-hydrogen) atoms. The lowest BCUT2D eigenvalue weighted by Gasteiger charge is -2.35. The largest absolute Gasteiger partial charge is 0.375 e. The van der Waals surface area contributed by atoms with Gasteiger partial charge in [0.15, 0.2) is 0 Å². The normalized spacial score (nSPS) is 24.8. The van der Waals surface area contributed by atoms with E-state index in [1.807, 2.05) is 0 Å². The van der Waals surface area contributed by atoms with Crippen LogP contribution in [0.2, 0.25) is 0 Å². The number of hydrogen-bond acceptors (Lipinski definition) is 3. The average molecular weight is 254 g/mol. The molecule has 0 amide bonds. The van der Waals surface area contributed by atoms with Gasteiger partial charge in [-0.25, -0.2) is 0 Å². The molecule has 2 aliphatic heterocycles. The van der Waals surface area contributed by atoms with Crippen molar-refractivity contribution in [3.63, 3.8) is 0 Å². The Morgan fingerprint density at radius 3 is 2.00 bits per heavy atom. The highest BCUT2D eigenvalue weighted by Crippen LogP contribution is 2.15. The zero-order valence-electron chi connectivity index (χ0n) is 12.2. The number of likely N-dealkylation sites (tertiary alicyclic amines) is 2. The molecule has 0 aromatic carbocycles. The number of ether oxygens (including phenoxy) is 1. The summed E-state index contributed by atoms with van der Waals surface area (Å²) in [6.45, 7) is 11.9. The Kier molecular flexibility index (Phi) is 5.93. The molecule has 0 N–H and O–H groups in total. The first kappa shape index (κ1) is 14.3. The molecule has 2 saturated heterocycles. The Labute approximate surface area is 112 Å². The van der Waals surface area contributed by atoms with Gasteiger partial charge in [-0.1, -0.05) is 6.42 Å². The van der Waals surface area contributed by atoms with E-state index in [-0.39, 0.29) is 0 Å². The molecule has 0 saturated carbocycles. The van der Waals surface area contributed by atoms with E-state index >= 15 is 0 Å². The van der Waals surface area contributed by atoms with Crippen LogP contribution in [0.4, 0.5) is 0 Å². The van der Waals surface area contributed by atoms with E-state index < -0.39 is 0 Å². The Balaban J connectivity index is 1.58. The van der Waals surface area contributed by atoms with Crippen molar-refractivity contribution in [1.82, 2.24) is 9.80 Å². The molecule has 2 heterocycles. The summed E-state index contributed by atoms with van der Waals surface area (Å²) in [6.07, 6.45) is 7.59. The smallest absolute Gasteiger partial charge is 0.0603 e. The van der Waals surface area contributed by atoms with Crippen molar-refractivity contribution in [1.29, 1.82) is 0 Å². The zero-order chi connectivity index (χ0) is 12.8. The second kappa shape index (κ2) is 7.46. The van der Waals surface area contributed by atoms with Gasteiger partial charge in [0.2, 0.25) is 0 Å². The van der Waals surface area contributed by atoms with Crippen LogP contribution >= 0.6 is 0 Å². The van der Waals surface area contributed by atoms with Gasteiger partial charge in [-0.05, 0) is 52.6 Å². The first-order valence-electron chi connectivity index (χ1n) is 7.84. The molecule has 0 atom stereocenters. The molecule has 0 radical (unpaired) electrons. The van der Waals surface area contributed by atoms with E-state index in [4.69, 9.17) is 4.74 Å². The van der Waals surface area contributed by atoms with Crippen molar-refractivity contribution >= 4 is 0 Å². The van der Waals surface area contributed by atoms with Gasteiger partial charge in [0.1, 0.15) is 0 Å². The van der Waals surface area contributed by atoms with Crippen LogP contribution < -0.4 is 0 Å². The Hall–Kier alpha value is -0.120. The van der Waals surface area contributed by atoms with E-state index in [1.165, 1.54) is 71.4 Å². The fraction of sp³-hybridized carbons (Fsp3) is 1.00. The van der Waals surface area contributed by atoms with E-state index in [9.17, 15) is 0 Å². The van der Waals surface area contributed by atoms with E-state index in [2.05, 4.69) is 23.6 Å². The van der Waals surface area contributed by atoms with Crippen LogP contribution in [-0.4, -0.2) is 61.3 Å². The predicted molar refractivity (Wildman–Crippen MR) is 76.0 cm³/mol. The number of piperidine rings is 2. The van der Waals surface area contributed by atoms with Crippen molar-refractivity contribution in [3.05, 3.63) is 0 Å². The minimum Gasteiger partial charge on any atom is -0.375 e. The summed E-state index contributed by atoms with van der Waals surface area (Å²) < 4.78 is 5.90. The van der Waals surface area contributed by atoms with Crippen LogP contribution in [0.5, 0.6) is 0 Å². The lowest BCUT2D eigenvalue weighted by molar-refractivity contribution is -0.0277. The highest BCUT2D eigenvalue weighted by atomic mass is 16.5. The molecule has 0 spiro atoms. The molecular formula is C15H30N2O. The predicted octanol–water partition coefficient (Wildman–Crippen LogP) is 2.36. The van der Waals surface area contributed by atoms with Crippen molar-refractivity contribution in [2.75, 3.05) is 39.3 Å². The van der Waals surface area contributed by atoms with E-state index in [0.29, 0.717) is 12.2 Å². The number of hydrogen-bond donors (Lipinski definition) is 0. The molecule has 3 nitrogen and oxygen atoms in total. The molecule has 0 bridgehead atoms. The molecule has 106 valence electrons. The topological polar surface area (TPSA) is 15.7 Å². The van der Waals surface area contributed by atoms with Crippen LogP contribution in [0.3, 0.4) is 0 Å². The quantitative estimate of drug-likeness (QED) is 0.749. The zero-order valence-corrected chi connectivity index (χ0v) is 12.2. The molecule has 0 aromatic rings. The summed E-state index contributed by atoms with van der Waals surface area (Å²) in [6, 6.07) is 0. The third-order valence-corrected chi connectivity index (χ3v) is 4.18. The van der Waals surface area contributed by atoms with Gasteiger partial charge in [-0.2, -0.15) is 0 Å². The monoisotopic (exact) mass is 254 g/mol. The fourth-order valence-electron chi connectivity index (χ4n) is 3.12. The minimum atomic E-state index is 0.384. The van der Waals surface area contributed by atoms with Gasteiger partial charge in [0, 0.05) is 26.2 Å². The average Bonchev–Trinajstić information content (AvgIpc) is 2.38. The first-order chi connectivity index (χ1) is 8.74. The van der Waals surface area contributed by atoms with Gasteiger partial charge in [0.25, 0.3) is 0 Å². The first-order valence-corrected chi connectivity index (χ1v) is 7.84. The molecule has 2 rings (SSSR count). The van der Waals surface area contributed by atoms with Gasteiger partial charge >= 0.3 is 0 Å². The lowest BCUT2D eigenvalue weighted by Crippen LogP contribution is -2.43. The molecule has 2 aliphatic rings. The molecule has 0 unspecified atom stereocenters. The molecule has 3 heteroatoms. The molecule has 0 aliphatic carbocycles. The van der Waals surface area contributed by atoms with Gasteiger partial charge in [-0.3, -0.25) is 0 Å². The second-order valence-electron chi connectivity index (χ2n) is 6.13. The maximum Gasteiger partial charge on any atom is 0.0603 e. The van der Waals surface area contributed by atoms with Crippen LogP contribution in [0.1, 0.15) is 46.0 Å². The lowest BCUT2D eigenvalue weighted by atomic mass is 10.1. The maximum absolute atomic E-state index is 5.90. The maximum atomic E-state index is 5.90. The van der Waals surface area contributed by atoms with Crippen LogP contribution in [0.25, 0.3) is 0 Å². The summed E-state index contributed by atoms with van der Waals surface area (Å²) >= 11 is 0.